The van der Waals surface area contributed by atoms with Gasteiger partial charge in [-0.1, -0.05) is 163 Å². The fourth-order valence-corrected chi connectivity index (χ4v) is 6.54. The molecule has 60 heavy (non-hydrogen) atoms. The van der Waals surface area contributed by atoms with E-state index in [2.05, 4.69) is 86.8 Å². The molecule has 2 atom stereocenters. The second kappa shape index (κ2) is 41.5. The van der Waals surface area contributed by atoms with Gasteiger partial charge in [-0.15, -0.1) is 0 Å². The van der Waals surface area contributed by atoms with Crippen molar-refractivity contribution in [3.8, 4) is 0 Å². The van der Waals surface area contributed by atoms with Crippen LogP contribution < -0.4 is 0 Å². The number of carbonyl (C=O) groups is 2. The molecule has 344 valence electrons. The van der Waals surface area contributed by atoms with Gasteiger partial charge < -0.3 is 18.9 Å². The first-order chi connectivity index (χ1) is 29.0. The summed E-state index contributed by atoms with van der Waals surface area (Å²) in [7, 11) is 1.42. The lowest BCUT2D eigenvalue weighted by atomic mass is 10.1. The molecule has 0 aliphatic rings. The summed E-state index contributed by atoms with van der Waals surface area (Å²) in [4.78, 5) is 35.4. The smallest absolute Gasteiger partial charge is 0.462 e. The van der Waals surface area contributed by atoms with Crippen LogP contribution in [-0.4, -0.2) is 74.9 Å². The maximum absolute atomic E-state index is 12.7. The van der Waals surface area contributed by atoms with E-state index < -0.39 is 32.5 Å². The lowest BCUT2D eigenvalue weighted by Gasteiger charge is -2.24. The Morgan fingerprint density at radius 2 is 0.983 bits per heavy atom. The summed E-state index contributed by atoms with van der Waals surface area (Å²) in [6, 6.07) is 0. The van der Waals surface area contributed by atoms with Crippen molar-refractivity contribution in [1.29, 1.82) is 0 Å². The molecular weight excluding hydrogens is 774 g/mol. The van der Waals surface area contributed by atoms with Crippen LogP contribution in [0.1, 0.15) is 168 Å². The molecule has 0 aromatic carbocycles. The van der Waals surface area contributed by atoms with E-state index in [1.54, 1.807) is 0 Å². The van der Waals surface area contributed by atoms with Crippen LogP contribution in [0.3, 0.4) is 0 Å². The average molecular weight is 861 g/mol. The number of hydrogen-bond donors (Lipinski definition) is 1. The Morgan fingerprint density at radius 3 is 1.48 bits per heavy atom. The number of unbranched alkanes of at least 4 members (excludes halogenated alkanes) is 13. The molecule has 0 saturated heterocycles. The molecule has 1 N–H and O–H groups in total. The number of allylic oxidation sites excluding steroid dienone is 14. The molecule has 0 radical (unpaired) electrons. The molecule has 0 amide bonds. The summed E-state index contributed by atoms with van der Waals surface area (Å²) in [5, 5.41) is 0. The number of likely N-dealkylation sites (N-methyl/N-ethyl adjacent to an activating group) is 1. The molecule has 0 fully saturated rings. The molecule has 0 aromatic rings. The van der Waals surface area contributed by atoms with Crippen LogP contribution in [0.25, 0.3) is 0 Å². The Hall–Kier alpha value is -2.81. The molecule has 10 heteroatoms. The quantitative estimate of drug-likeness (QED) is 0.0213. The molecule has 0 rings (SSSR count). The van der Waals surface area contributed by atoms with Gasteiger partial charge in [-0.2, -0.15) is 0 Å². The van der Waals surface area contributed by atoms with E-state index in [0.717, 1.165) is 70.6 Å². The van der Waals surface area contributed by atoms with Crippen LogP contribution in [-0.2, 0) is 32.7 Å². The van der Waals surface area contributed by atoms with Crippen molar-refractivity contribution in [1.82, 2.24) is 0 Å². The average Bonchev–Trinajstić information content (AvgIpc) is 3.20. The van der Waals surface area contributed by atoms with Crippen molar-refractivity contribution in [2.24, 2.45) is 0 Å². The fourth-order valence-electron chi connectivity index (χ4n) is 5.80. The summed E-state index contributed by atoms with van der Waals surface area (Å²) in [5.41, 5.74) is 0. The number of phosphoric acid groups is 1. The fraction of sp³-hybridized carbons (Fsp3) is 0.680. The zero-order valence-electron chi connectivity index (χ0n) is 38.7. The molecule has 0 aliphatic heterocycles. The highest BCUT2D eigenvalue weighted by atomic mass is 31.2. The number of ether oxygens (including phenoxy) is 2. The molecule has 0 saturated carbocycles. The summed E-state index contributed by atoms with van der Waals surface area (Å²) in [5.74, 6) is -0.907. The second-order valence-electron chi connectivity index (χ2n) is 16.4. The van der Waals surface area contributed by atoms with E-state index in [0.29, 0.717) is 17.4 Å². The Morgan fingerprint density at radius 1 is 0.533 bits per heavy atom. The van der Waals surface area contributed by atoms with Crippen LogP contribution in [0.5, 0.6) is 0 Å². The maximum Gasteiger partial charge on any atom is 0.472 e. The van der Waals surface area contributed by atoms with E-state index in [9.17, 15) is 19.0 Å². The van der Waals surface area contributed by atoms with E-state index in [1.165, 1.54) is 64.2 Å². The summed E-state index contributed by atoms with van der Waals surface area (Å²) < 4.78 is 34.3. The minimum absolute atomic E-state index is 0.0133. The Kier molecular flexibility index (Phi) is 39.6. The SMILES string of the molecule is CC/C=C/C/C=C/C/C=C/C/C=C/C/C=C/C/C=C/CCC(=O)O[C@H](COC(=O)CCCCCCCCC/C=C/CCCCCCCC)COP(=O)(O)OCC[N+](C)(C)C. The Balaban J connectivity index is 4.47. The van der Waals surface area contributed by atoms with Crippen LogP contribution >= 0.6 is 7.82 Å². The highest BCUT2D eigenvalue weighted by molar-refractivity contribution is 7.47. The van der Waals surface area contributed by atoms with Crippen LogP contribution in [0.4, 0.5) is 0 Å². The second-order valence-corrected chi connectivity index (χ2v) is 17.9. The highest BCUT2D eigenvalue weighted by Gasteiger charge is 2.27. The predicted molar refractivity (Wildman–Crippen MR) is 252 cm³/mol. The van der Waals surface area contributed by atoms with Gasteiger partial charge in [-0.3, -0.25) is 18.6 Å². The van der Waals surface area contributed by atoms with Gasteiger partial charge in [0.25, 0.3) is 0 Å². The number of carbonyl (C=O) groups excluding carboxylic acids is 2. The predicted octanol–water partition coefficient (Wildman–Crippen LogP) is 13.6. The van der Waals surface area contributed by atoms with Crippen molar-refractivity contribution in [2.75, 3.05) is 47.5 Å². The van der Waals surface area contributed by atoms with Gasteiger partial charge in [-0.25, -0.2) is 4.57 Å². The van der Waals surface area contributed by atoms with Gasteiger partial charge in [0.15, 0.2) is 6.10 Å². The van der Waals surface area contributed by atoms with E-state index in [4.69, 9.17) is 18.5 Å². The van der Waals surface area contributed by atoms with Crippen molar-refractivity contribution in [3.63, 3.8) is 0 Å². The summed E-state index contributed by atoms with van der Waals surface area (Å²) >= 11 is 0. The van der Waals surface area contributed by atoms with Gasteiger partial charge in [0.1, 0.15) is 19.8 Å². The minimum atomic E-state index is -4.40. The standard InChI is InChI=1S/C50H86NO8P/c1-6-8-10-12-14-16-18-20-22-24-25-27-29-31-33-35-37-39-41-43-50(53)59-48(47-58-60(54,55)57-45-44-51(3,4)5)46-56-49(52)42-40-38-36-34-32-30-28-26-23-21-19-17-15-13-11-9-7-2/h8,10,14,16,20-23,25,27,31,33,37,39,48H,6-7,9,11-13,15,17-19,24,26,28-30,32,34-36,38,40-47H2,1-5H3/p+1/b10-8+,16-14+,22-20+,23-21+,27-25+,33-31+,39-37+/t48-/m1/s1. The topological polar surface area (TPSA) is 108 Å². The lowest BCUT2D eigenvalue weighted by molar-refractivity contribution is -0.870. The summed E-state index contributed by atoms with van der Waals surface area (Å²) in [6.45, 7) is 4.20. The number of quaternary nitrogens is 1. The molecule has 0 bridgehead atoms. The number of nitrogens with zero attached hydrogens (tertiary/aromatic N) is 1. The maximum atomic E-state index is 12.7. The van der Waals surface area contributed by atoms with Crippen LogP contribution in [0.2, 0.25) is 0 Å². The first-order valence-electron chi connectivity index (χ1n) is 23.3. The van der Waals surface area contributed by atoms with Gasteiger partial charge in [-0.05, 0) is 77.0 Å². The zero-order valence-corrected chi connectivity index (χ0v) is 39.6. The largest absolute Gasteiger partial charge is 0.472 e. The van der Waals surface area contributed by atoms with Gasteiger partial charge in [0, 0.05) is 12.8 Å². The molecule has 0 spiro atoms. The van der Waals surface area contributed by atoms with Gasteiger partial charge in [0.05, 0.1) is 27.7 Å². The van der Waals surface area contributed by atoms with Crippen molar-refractivity contribution >= 4 is 19.8 Å². The number of hydrogen-bond acceptors (Lipinski definition) is 7. The minimum Gasteiger partial charge on any atom is -0.462 e. The van der Waals surface area contributed by atoms with Crippen LogP contribution in [0, 0.1) is 0 Å². The highest BCUT2D eigenvalue weighted by Crippen LogP contribution is 2.43. The van der Waals surface area contributed by atoms with E-state index in [-0.39, 0.29) is 26.1 Å². The molecule has 0 aliphatic carbocycles. The Bertz CT molecular complexity index is 1290. The third-order valence-electron chi connectivity index (χ3n) is 9.42. The Labute approximate surface area is 367 Å². The zero-order chi connectivity index (χ0) is 44.3. The molecular formula is C50H87NO8P+. The van der Waals surface area contributed by atoms with Crippen molar-refractivity contribution < 1.29 is 42.1 Å². The number of rotatable bonds is 41. The molecule has 1 unspecified atom stereocenters. The number of phosphoric ester groups is 1. The van der Waals surface area contributed by atoms with Gasteiger partial charge >= 0.3 is 19.8 Å². The normalized spacial score (nSPS) is 14.3. The van der Waals surface area contributed by atoms with E-state index in [1.807, 2.05) is 33.3 Å². The van der Waals surface area contributed by atoms with Crippen molar-refractivity contribution in [3.05, 3.63) is 85.1 Å². The van der Waals surface area contributed by atoms with Crippen molar-refractivity contribution in [2.45, 2.75) is 174 Å². The van der Waals surface area contributed by atoms with Crippen LogP contribution in [0.15, 0.2) is 85.1 Å². The third kappa shape index (κ3) is 44.7. The first-order valence-corrected chi connectivity index (χ1v) is 24.8. The van der Waals surface area contributed by atoms with Gasteiger partial charge in [0.2, 0.25) is 0 Å². The molecule has 9 nitrogen and oxygen atoms in total. The monoisotopic (exact) mass is 861 g/mol. The first kappa shape index (κ1) is 57.2. The lowest BCUT2D eigenvalue weighted by Crippen LogP contribution is -2.37. The summed E-state index contributed by atoms with van der Waals surface area (Å²) in [6.07, 6.45) is 53.6. The third-order valence-corrected chi connectivity index (χ3v) is 10.4. The number of esters is 2. The molecule has 0 aromatic heterocycles. The molecule has 0 heterocycles. The van der Waals surface area contributed by atoms with E-state index >= 15 is 0 Å².